The molecule has 1 heteroatoms. The Morgan fingerprint density at radius 3 is 2.50 bits per heavy atom. The second-order valence-electron chi connectivity index (χ2n) is 3.27. The van der Waals surface area contributed by atoms with Gasteiger partial charge in [-0.05, 0) is 30.7 Å². The Kier molecular flexibility index (Phi) is 4.78. The van der Waals surface area contributed by atoms with Crippen molar-refractivity contribution >= 4 is 0 Å². The molecule has 0 aliphatic heterocycles. The average Bonchev–Trinajstić information content (AvgIpc) is 2.21. The van der Waals surface area contributed by atoms with Crippen LogP contribution in [0.2, 0.25) is 0 Å². The summed E-state index contributed by atoms with van der Waals surface area (Å²) in [5.41, 5.74) is 0.892. The number of hydrogen-bond donors (Lipinski definition) is 0. The Bertz CT molecular complexity index is 313. The van der Waals surface area contributed by atoms with Crippen LogP contribution in [0.15, 0.2) is 24.3 Å². The van der Waals surface area contributed by atoms with Gasteiger partial charge in [0.05, 0.1) is 0 Å². The van der Waals surface area contributed by atoms with E-state index in [9.17, 15) is 4.39 Å². The van der Waals surface area contributed by atoms with Crippen molar-refractivity contribution in [2.45, 2.75) is 32.6 Å². The molecular formula is C13H15F. The molecule has 0 amide bonds. The highest BCUT2D eigenvalue weighted by atomic mass is 19.1. The van der Waals surface area contributed by atoms with E-state index in [4.69, 9.17) is 0 Å². The van der Waals surface area contributed by atoms with Crippen molar-refractivity contribution in [2.75, 3.05) is 0 Å². The average molecular weight is 190 g/mol. The third kappa shape index (κ3) is 4.09. The van der Waals surface area contributed by atoms with Crippen molar-refractivity contribution in [2.24, 2.45) is 0 Å². The fraction of sp³-hybridized carbons (Fsp3) is 0.385. The van der Waals surface area contributed by atoms with Gasteiger partial charge in [0.25, 0.3) is 0 Å². The van der Waals surface area contributed by atoms with Gasteiger partial charge in [-0.2, -0.15) is 0 Å². The van der Waals surface area contributed by atoms with Gasteiger partial charge in [-0.15, -0.1) is 0 Å². The molecule has 0 bridgehead atoms. The zero-order valence-corrected chi connectivity index (χ0v) is 8.52. The molecule has 0 radical (unpaired) electrons. The number of rotatable bonds is 3. The largest absolute Gasteiger partial charge is 0.207 e. The first-order valence-electron chi connectivity index (χ1n) is 5.07. The van der Waals surface area contributed by atoms with E-state index in [2.05, 4.69) is 18.8 Å². The minimum Gasteiger partial charge on any atom is -0.207 e. The number of halogens is 1. The van der Waals surface area contributed by atoms with E-state index in [-0.39, 0.29) is 5.82 Å². The molecule has 0 saturated carbocycles. The molecule has 0 unspecified atom stereocenters. The lowest BCUT2D eigenvalue weighted by Gasteiger charge is -1.90. The Morgan fingerprint density at radius 2 is 1.86 bits per heavy atom. The Morgan fingerprint density at radius 1 is 1.14 bits per heavy atom. The highest BCUT2D eigenvalue weighted by Gasteiger charge is 1.88. The molecule has 0 nitrogen and oxygen atoms in total. The molecule has 0 heterocycles. The third-order valence-corrected chi connectivity index (χ3v) is 1.98. The fourth-order valence-corrected chi connectivity index (χ4v) is 1.16. The zero-order valence-electron chi connectivity index (χ0n) is 8.52. The molecule has 0 aliphatic rings. The summed E-state index contributed by atoms with van der Waals surface area (Å²) >= 11 is 0. The zero-order chi connectivity index (χ0) is 10.2. The van der Waals surface area contributed by atoms with Gasteiger partial charge in [-0.3, -0.25) is 0 Å². The Hall–Kier alpha value is -1.29. The van der Waals surface area contributed by atoms with Gasteiger partial charge in [-0.25, -0.2) is 4.39 Å². The normalized spacial score (nSPS) is 9.29. The third-order valence-electron chi connectivity index (χ3n) is 1.98. The van der Waals surface area contributed by atoms with E-state index in [1.807, 2.05) is 0 Å². The van der Waals surface area contributed by atoms with E-state index < -0.39 is 0 Å². The van der Waals surface area contributed by atoms with Crippen molar-refractivity contribution in [1.82, 2.24) is 0 Å². The number of benzene rings is 1. The van der Waals surface area contributed by atoms with Crippen LogP contribution in [-0.4, -0.2) is 0 Å². The van der Waals surface area contributed by atoms with E-state index in [1.165, 1.54) is 25.0 Å². The van der Waals surface area contributed by atoms with Crippen molar-refractivity contribution in [3.05, 3.63) is 35.6 Å². The van der Waals surface area contributed by atoms with Crippen molar-refractivity contribution < 1.29 is 4.39 Å². The van der Waals surface area contributed by atoms with Gasteiger partial charge >= 0.3 is 0 Å². The summed E-state index contributed by atoms with van der Waals surface area (Å²) in [5.74, 6) is 5.89. The van der Waals surface area contributed by atoms with Crippen LogP contribution in [0, 0.1) is 17.7 Å². The van der Waals surface area contributed by atoms with Gasteiger partial charge in [0, 0.05) is 12.0 Å². The van der Waals surface area contributed by atoms with E-state index in [0.29, 0.717) is 0 Å². The summed E-state index contributed by atoms with van der Waals surface area (Å²) < 4.78 is 12.5. The van der Waals surface area contributed by atoms with E-state index in [0.717, 1.165) is 18.4 Å². The Balaban J connectivity index is 2.39. The van der Waals surface area contributed by atoms with E-state index >= 15 is 0 Å². The smallest absolute Gasteiger partial charge is 0.123 e. The topological polar surface area (TPSA) is 0 Å². The predicted molar refractivity (Wildman–Crippen MR) is 57.4 cm³/mol. The van der Waals surface area contributed by atoms with Crippen LogP contribution in [0.5, 0.6) is 0 Å². The minimum absolute atomic E-state index is 0.207. The standard InChI is InChI=1S/C13H15F/c1-2-3-4-5-6-7-12-8-10-13(14)11-9-12/h8-11H,2-5H2,1H3. The van der Waals surface area contributed by atoms with Gasteiger partial charge in [0.2, 0.25) is 0 Å². The van der Waals surface area contributed by atoms with Gasteiger partial charge in [0.15, 0.2) is 0 Å². The van der Waals surface area contributed by atoms with Crippen LogP contribution >= 0.6 is 0 Å². The lowest BCUT2D eigenvalue weighted by molar-refractivity contribution is 0.627. The monoisotopic (exact) mass is 190 g/mol. The van der Waals surface area contributed by atoms with Crippen LogP contribution in [0.25, 0.3) is 0 Å². The second kappa shape index (κ2) is 6.21. The maximum absolute atomic E-state index is 12.5. The lowest BCUT2D eigenvalue weighted by atomic mass is 10.2. The van der Waals surface area contributed by atoms with E-state index in [1.54, 1.807) is 12.1 Å². The molecule has 14 heavy (non-hydrogen) atoms. The van der Waals surface area contributed by atoms with Crippen LogP contribution < -0.4 is 0 Å². The van der Waals surface area contributed by atoms with Crippen molar-refractivity contribution in [3.8, 4) is 11.8 Å². The molecule has 1 aromatic rings. The highest BCUT2D eigenvalue weighted by Crippen LogP contribution is 2.01. The first kappa shape index (κ1) is 10.8. The predicted octanol–water partition coefficient (Wildman–Crippen LogP) is 3.76. The lowest BCUT2D eigenvalue weighted by Crippen LogP contribution is -1.76. The van der Waals surface area contributed by atoms with Crippen LogP contribution in [-0.2, 0) is 0 Å². The molecule has 1 aromatic carbocycles. The first-order chi connectivity index (χ1) is 6.83. The van der Waals surface area contributed by atoms with Gasteiger partial charge in [-0.1, -0.05) is 31.6 Å². The second-order valence-corrected chi connectivity index (χ2v) is 3.27. The summed E-state index contributed by atoms with van der Waals surface area (Å²) in [7, 11) is 0. The van der Waals surface area contributed by atoms with Gasteiger partial charge < -0.3 is 0 Å². The van der Waals surface area contributed by atoms with Crippen molar-refractivity contribution in [1.29, 1.82) is 0 Å². The molecular weight excluding hydrogens is 175 g/mol. The van der Waals surface area contributed by atoms with Crippen LogP contribution in [0.1, 0.15) is 38.2 Å². The Labute approximate surface area is 85.2 Å². The van der Waals surface area contributed by atoms with Crippen LogP contribution in [0.3, 0.4) is 0 Å². The summed E-state index contributed by atoms with van der Waals surface area (Å²) in [6.07, 6.45) is 4.55. The molecule has 74 valence electrons. The molecule has 0 N–H and O–H groups in total. The highest BCUT2D eigenvalue weighted by molar-refractivity contribution is 5.33. The molecule has 1 rings (SSSR count). The molecule has 0 saturated heterocycles. The summed E-state index contributed by atoms with van der Waals surface area (Å²) in [6, 6.07) is 6.30. The maximum atomic E-state index is 12.5. The summed E-state index contributed by atoms with van der Waals surface area (Å²) in [6.45, 7) is 2.17. The summed E-state index contributed by atoms with van der Waals surface area (Å²) in [4.78, 5) is 0. The fourth-order valence-electron chi connectivity index (χ4n) is 1.16. The molecule has 0 atom stereocenters. The molecule has 0 fully saturated rings. The molecule has 0 aromatic heterocycles. The minimum atomic E-state index is -0.207. The molecule has 0 spiro atoms. The quantitative estimate of drug-likeness (QED) is 0.503. The van der Waals surface area contributed by atoms with Crippen molar-refractivity contribution in [3.63, 3.8) is 0 Å². The SMILES string of the molecule is CCCCCC#Cc1ccc(F)cc1. The van der Waals surface area contributed by atoms with Gasteiger partial charge in [0.1, 0.15) is 5.82 Å². The van der Waals surface area contributed by atoms with Crippen LogP contribution in [0.4, 0.5) is 4.39 Å². The number of hydrogen-bond acceptors (Lipinski definition) is 0. The summed E-state index contributed by atoms with van der Waals surface area (Å²) in [5, 5.41) is 0. The molecule has 0 aliphatic carbocycles. The first-order valence-corrected chi connectivity index (χ1v) is 5.07. The number of unbranched alkanes of at least 4 members (excludes halogenated alkanes) is 3. The maximum Gasteiger partial charge on any atom is 0.123 e.